The average Bonchev–Trinajstić information content (AvgIpc) is 2.88. The number of phosphoric ester groups is 2. The van der Waals surface area contributed by atoms with Gasteiger partial charge in [-0.3, -0.25) is 37.3 Å². The summed E-state index contributed by atoms with van der Waals surface area (Å²) in [5.41, 5.74) is 0. The third kappa shape index (κ3) is 67.9. The molecule has 2 unspecified atom stereocenters. The van der Waals surface area contributed by atoms with E-state index in [1.54, 1.807) is 0 Å². The lowest BCUT2D eigenvalue weighted by Crippen LogP contribution is -2.30. The first-order valence-corrected chi connectivity index (χ1v) is 41.1. The first kappa shape index (κ1) is 90.5. The Morgan fingerprint density at radius 1 is 0.301 bits per heavy atom. The van der Waals surface area contributed by atoms with Crippen molar-refractivity contribution < 1.29 is 80.2 Å². The Morgan fingerprint density at radius 3 is 0.785 bits per heavy atom. The van der Waals surface area contributed by atoms with Crippen molar-refractivity contribution in [2.24, 2.45) is 0 Å². The lowest BCUT2D eigenvalue weighted by atomic mass is 10.0. The number of phosphoric acid groups is 2. The molecule has 0 heterocycles. The number of ether oxygens (including phenoxy) is 4. The first-order valence-electron chi connectivity index (χ1n) is 38.1. The van der Waals surface area contributed by atoms with Gasteiger partial charge >= 0.3 is 39.5 Å². The van der Waals surface area contributed by atoms with E-state index in [0.717, 1.165) is 122 Å². The van der Waals surface area contributed by atoms with Crippen LogP contribution in [0, 0.1) is 0 Å². The summed E-state index contributed by atoms with van der Waals surface area (Å²) in [6, 6.07) is 0. The number of rotatable bonds is 73. The predicted molar refractivity (Wildman–Crippen MR) is 377 cm³/mol. The normalized spacial score (nSPS) is 14.1. The van der Waals surface area contributed by atoms with Crippen LogP contribution in [-0.2, 0) is 65.4 Å². The van der Waals surface area contributed by atoms with Gasteiger partial charge in [-0.1, -0.05) is 315 Å². The maximum atomic E-state index is 13.1. The molecule has 0 aromatic heterocycles. The molecular weight excluding hydrogens is 1220 g/mol. The Bertz CT molecular complexity index is 1870. The van der Waals surface area contributed by atoms with Gasteiger partial charge in [0, 0.05) is 25.7 Å². The van der Waals surface area contributed by atoms with Gasteiger partial charge in [0.2, 0.25) is 0 Å². The van der Waals surface area contributed by atoms with E-state index < -0.39 is 97.5 Å². The second-order valence-corrected chi connectivity index (χ2v) is 28.9. The molecule has 0 amide bonds. The van der Waals surface area contributed by atoms with Crippen molar-refractivity contribution >= 4 is 39.5 Å². The molecule has 19 heteroatoms. The highest BCUT2D eigenvalue weighted by Gasteiger charge is 2.30. The molecule has 17 nitrogen and oxygen atoms in total. The Hall–Kier alpha value is -2.46. The summed E-state index contributed by atoms with van der Waals surface area (Å²) in [6.45, 7) is 4.86. The van der Waals surface area contributed by atoms with Crippen LogP contribution in [0.3, 0.4) is 0 Å². The van der Waals surface area contributed by atoms with E-state index in [1.165, 1.54) is 167 Å². The lowest BCUT2D eigenvalue weighted by Gasteiger charge is -2.21. The second-order valence-electron chi connectivity index (χ2n) is 26.0. The van der Waals surface area contributed by atoms with Crippen molar-refractivity contribution in [1.29, 1.82) is 0 Å². The standard InChI is InChI=1S/C74H140O17P2/c1-5-9-13-17-21-24-27-29-31-32-33-34-35-37-39-42-45-49-53-57-61-74(79)91-70(65-85-72(77)59-55-51-47-43-41-38-36-30-28-25-22-18-14-10-6-2)67-89-93(82,83)87-63-68(75)62-86-92(80,81)88-66-69(64-84-71(76)58-54-50-46-20-16-12-8-4)90-73(78)60-56-52-48-44-40-26-23-19-15-11-7-3/h25,28,30,36,68-70,75H,5-24,26-27,29,31-35,37-67H2,1-4H3,(H,80,81)(H,82,83)/b28-25-,36-30-/t68-,69+,70+/m0/s1. The van der Waals surface area contributed by atoms with Crippen LogP contribution in [0.1, 0.15) is 368 Å². The van der Waals surface area contributed by atoms with Crippen molar-refractivity contribution in [2.75, 3.05) is 39.6 Å². The molecular formula is C74H140O17P2. The van der Waals surface area contributed by atoms with Gasteiger partial charge in [0.25, 0.3) is 0 Å². The van der Waals surface area contributed by atoms with Crippen LogP contribution in [0.15, 0.2) is 24.3 Å². The molecule has 0 radical (unpaired) electrons. The number of hydrogen-bond donors (Lipinski definition) is 3. The number of unbranched alkanes of at least 4 members (excludes halogenated alkanes) is 44. The smallest absolute Gasteiger partial charge is 0.462 e. The van der Waals surface area contributed by atoms with Crippen molar-refractivity contribution in [2.45, 2.75) is 386 Å². The molecule has 548 valence electrons. The van der Waals surface area contributed by atoms with E-state index in [0.29, 0.717) is 25.7 Å². The largest absolute Gasteiger partial charge is 0.472 e. The molecule has 0 saturated heterocycles. The third-order valence-electron chi connectivity index (χ3n) is 16.7. The van der Waals surface area contributed by atoms with Crippen LogP contribution in [0.25, 0.3) is 0 Å². The van der Waals surface area contributed by atoms with E-state index in [9.17, 15) is 43.2 Å². The van der Waals surface area contributed by atoms with E-state index in [4.69, 9.17) is 37.0 Å². The molecule has 93 heavy (non-hydrogen) atoms. The van der Waals surface area contributed by atoms with Gasteiger partial charge in [-0.25, -0.2) is 9.13 Å². The van der Waals surface area contributed by atoms with Gasteiger partial charge in [0.15, 0.2) is 12.2 Å². The summed E-state index contributed by atoms with van der Waals surface area (Å²) >= 11 is 0. The number of carbonyl (C=O) groups excluding carboxylic acids is 4. The molecule has 0 saturated carbocycles. The zero-order valence-electron chi connectivity index (χ0n) is 59.7. The van der Waals surface area contributed by atoms with E-state index in [1.807, 2.05) is 0 Å². The number of aliphatic hydroxyl groups is 1. The van der Waals surface area contributed by atoms with Crippen molar-refractivity contribution in [3.63, 3.8) is 0 Å². The van der Waals surface area contributed by atoms with Gasteiger partial charge < -0.3 is 33.8 Å². The molecule has 0 rings (SSSR count). The highest BCUT2D eigenvalue weighted by atomic mass is 31.2. The minimum Gasteiger partial charge on any atom is -0.462 e. The number of aliphatic hydroxyl groups excluding tert-OH is 1. The molecule has 0 aliphatic heterocycles. The molecule has 0 aromatic rings. The molecule has 0 fully saturated rings. The summed E-state index contributed by atoms with van der Waals surface area (Å²) in [4.78, 5) is 72.5. The monoisotopic (exact) mass is 1360 g/mol. The van der Waals surface area contributed by atoms with Crippen molar-refractivity contribution in [3.05, 3.63) is 24.3 Å². The quantitative estimate of drug-likeness (QED) is 0.0169. The maximum absolute atomic E-state index is 13.1. The van der Waals surface area contributed by atoms with Crippen LogP contribution >= 0.6 is 15.6 Å². The maximum Gasteiger partial charge on any atom is 0.472 e. The van der Waals surface area contributed by atoms with Crippen LogP contribution in [0.2, 0.25) is 0 Å². The van der Waals surface area contributed by atoms with E-state index in [2.05, 4.69) is 52.0 Å². The predicted octanol–water partition coefficient (Wildman–Crippen LogP) is 21.4. The topological polar surface area (TPSA) is 237 Å². The minimum absolute atomic E-state index is 0.102. The van der Waals surface area contributed by atoms with Crippen molar-refractivity contribution in [1.82, 2.24) is 0 Å². The molecule has 5 atom stereocenters. The average molecular weight is 1360 g/mol. The minimum atomic E-state index is -4.96. The van der Waals surface area contributed by atoms with E-state index in [-0.39, 0.29) is 25.7 Å². The third-order valence-corrected chi connectivity index (χ3v) is 18.6. The molecule has 0 spiro atoms. The summed E-state index contributed by atoms with van der Waals surface area (Å²) in [5.74, 6) is -2.15. The van der Waals surface area contributed by atoms with E-state index >= 15 is 0 Å². The molecule has 0 aromatic carbocycles. The van der Waals surface area contributed by atoms with Gasteiger partial charge in [-0.05, 0) is 51.4 Å². The first-order chi connectivity index (χ1) is 45.2. The number of hydrogen-bond acceptors (Lipinski definition) is 15. The Labute approximate surface area is 567 Å². The van der Waals surface area contributed by atoms with Gasteiger partial charge in [-0.15, -0.1) is 0 Å². The molecule has 0 aliphatic rings. The Balaban J connectivity index is 5.20. The summed E-state index contributed by atoms with van der Waals surface area (Å²) < 4.78 is 68.3. The fraction of sp³-hybridized carbons (Fsp3) is 0.892. The van der Waals surface area contributed by atoms with Gasteiger partial charge in [0.1, 0.15) is 19.3 Å². The second kappa shape index (κ2) is 68.1. The van der Waals surface area contributed by atoms with Crippen LogP contribution < -0.4 is 0 Å². The van der Waals surface area contributed by atoms with Crippen LogP contribution in [0.5, 0.6) is 0 Å². The number of esters is 4. The van der Waals surface area contributed by atoms with Crippen LogP contribution in [0.4, 0.5) is 0 Å². The number of allylic oxidation sites excluding steroid dienone is 4. The molecule has 0 aliphatic carbocycles. The van der Waals surface area contributed by atoms with Gasteiger partial charge in [-0.2, -0.15) is 0 Å². The molecule has 3 N–H and O–H groups in total. The summed E-state index contributed by atoms with van der Waals surface area (Å²) in [6.07, 6.45) is 60.6. The highest BCUT2D eigenvalue weighted by Crippen LogP contribution is 2.45. The van der Waals surface area contributed by atoms with Crippen molar-refractivity contribution in [3.8, 4) is 0 Å². The number of carbonyl (C=O) groups is 4. The summed E-state index contributed by atoms with van der Waals surface area (Å²) in [5, 5.41) is 10.6. The zero-order valence-corrected chi connectivity index (χ0v) is 61.5. The zero-order chi connectivity index (χ0) is 68.2. The molecule has 0 bridgehead atoms. The summed E-state index contributed by atoms with van der Waals surface area (Å²) in [7, 11) is -9.91. The fourth-order valence-electron chi connectivity index (χ4n) is 10.9. The Kier molecular flexibility index (Phi) is 66.3. The fourth-order valence-corrected chi connectivity index (χ4v) is 12.4. The van der Waals surface area contributed by atoms with Gasteiger partial charge in [0.05, 0.1) is 26.4 Å². The van der Waals surface area contributed by atoms with Crippen LogP contribution in [-0.4, -0.2) is 96.7 Å². The highest BCUT2D eigenvalue weighted by molar-refractivity contribution is 7.47. The SMILES string of the molecule is CCCCCC/C=C\C=C/CCCCCCCC(=O)OC[C@H](COP(=O)(O)OC[C@@H](O)COP(=O)(O)OC[C@@H](COC(=O)CCCCCCCCC)OC(=O)CCCCCCCCCCCCC)OC(=O)CCCCCCCCCCCCCCCCCCCCCC. The Morgan fingerprint density at radius 2 is 0.516 bits per heavy atom. The lowest BCUT2D eigenvalue weighted by molar-refractivity contribution is -0.161.